The molecule has 0 saturated carbocycles. The number of hydrogen-bond acceptors (Lipinski definition) is 5. The van der Waals surface area contributed by atoms with E-state index in [1.54, 1.807) is 49.3 Å². The fraction of sp³-hybridized carbons (Fsp3) is 0.235. The molecule has 120 valence electrons. The summed E-state index contributed by atoms with van der Waals surface area (Å²) in [6.45, 7) is 0.708. The molecule has 1 aliphatic rings. The van der Waals surface area contributed by atoms with E-state index in [0.717, 1.165) is 18.5 Å². The molecular formula is C17H16N6O. The number of carbonyl (C=O) groups excluding carboxylic acids is 1. The number of aromatic nitrogens is 5. The second kappa shape index (κ2) is 6.19. The van der Waals surface area contributed by atoms with Gasteiger partial charge in [-0.2, -0.15) is 0 Å². The third-order valence-corrected chi connectivity index (χ3v) is 4.21. The van der Waals surface area contributed by atoms with Crippen LogP contribution in [0.2, 0.25) is 0 Å². The summed E-state index contributed by atoms with van der Waals surface area (Å²) >= 11 is 0. The summed E-state index contributed by atoms with van der Waals surface area (Å²) in [5, 5.41) is 0. The minimum Gasteiger partial charge on any atom is -0.343 e. The van der Waals surface area contributed by atoms with Crippen LogP contribution in [0, 0.1) is 0 Å². The number of H-pyrrole nitrogens is 1. The standard InChI is InChI=1S/C17H16N6O/c24-17(12-3-5-18-6-4-12)23-11-1-2-13(23)14-15(20-8-7-19-14)16-21-9-10-22-16/h3-10,13H,1-2,11H2,(H,21,22)/t13-/m1/s1. The van der Waals surface area contributed by atoms with Gasteiger partial charge in [-0.1, -0.05) is 0 Å². The Morgan fingerprint density at radius 3 is 2.71 bits per heavy atom. The number of likely N-dealkylation sites (tertiary alicyclic amines) is 1. The SMILES string of the molecule is O=C(c1ccncc1)N1CCC[C@@H]1c1nccnc1-c1ncc[nH]1. The van der Waals surface area contributed by atoms with Crippen LogP contribution in [0.1, 0.15) is 34.9 Å². The van der Waals surface area contributed by atoms with Gasteiger partial charge in [-0.15, -0.1) is 0 Å². The van der Waals surface area contributed by atoms with Gasteiger partial charge in [0.1, 0.15) is 5.69 Å². The zero-order chi connectivity index (χ0) is 16.4. The predicted molar refractivity (Wildman–Crippen MR) is 86.9 cm³/mol. The highest BCUT2D eigenvalue weighted by Crippen LogP contribution is 2.35. The van der Waals surface area contributed by atoms with Crippen LogP contribution < -0.4 is 0 Å². The lowest BCUT2D eigenvalue weighted by molar-refractivity contribution is 0.0733. The number of carbonyl (C=O) groups is 1. The van der Waals surface area contributed by atoms with E-state index in [1.807, 2.05) is 4.90 Å². The molecule has 3 aromatic rings. The Bertz CT molecular complexity index is 833. The van der Waals surface area contributed by atoms with Crippen molar-refractivity contribution in [2.75, 3.05) is 6.54 Å². The number of aromatic amines is 1. The van der Waals surface area contributed by atoms with E-state index < -0.39 is 0 Å². The minimum absolute atomic E-state index is 0.00375. The average molecular weight is 320 g/mol. The maximum atomic E-state index is 12.9. The van der Waals surface area contributed by atoms with Crippen molar-refractivity contribution in [2.45, 2.75) is 18.9 Å². The van der Waals surface area contributed by atoms with Crippen LogP contribution in [0.15, 0.2) is 49.3 Å². The zero-order valence-corrected chi connectivity index (χ0v) is 13.0. The first-order valence-electron chi connectivity index (χ1n) is 7.86. The Labute approximate surface area is 138 Å². The zero-order valence-electron chi connectivity index (χ0n) is 13.0. The first kappa shape index (κ1) is 14.5. The lowest BCUT2D eigenvalue weighted by atomic mass is 10.1. The third kappa shape index (κ3) is 2.54. The minimum atomic E-state index is -0.0977. The van der Waals surface area contributed by atoms with Crippen molar-refractivity contribution in [2.24, 2.45) is 0 Å². The van der Waals surface area contributed by atoms with Crippen molar-refractivity contribution < 1.29 is 4.79 Å². The monoisotopic (exact) mass is 320 g/mol. The van der Waals surface area contributed by atoms with Gasteiger partial charge in [0.15, 0.2) is 5.82 Å². The van der Waals surface area contributed by atoms with Gasteiger partial charge in [0, 0.05) is 49.3 Å². The maximum Gasteiger partial charge on any atom is 0.254 e. The van der Waals surface area contributed by atoms with E-state index >= 15 is 0 Å². The van der Waals surface area contributed by atoms with Gasteiger partial charge in [0.2, 0.25) is 0 Å². The van der Waals surface area contributed by atoms with Crippen molar-refractivity contribution >= 4 is 5.91 Å². The molecule has 7 heteroatoms. The molecule has 4 rings (SSSR count). The second-order valence-electron chi connectivity index (χ2n) is 5.62. The Morgan fingerprint density at radius 1 is 1.08 bits per heavy atom. The Morgan fingerprint density at radius 2 is 1.92 bits per heavy atom. The molecule has 0 aliphatic carbocycles. The maximum absolute atomic E-state index is 12.9. The van der Waals surface area contributed by atoms with Crippen molar-refractivity contribution in [1.29, 1.82) is 0 Å². The number of hydrogen-bond donors (Lipinski definition) is 1. The molecule has 24 heavy (non-hydrogen) atoms. The van der Waals surface area contributed by atoms with Gasteiger partial charge < -0.3 is 9.88 Å². The summed E-state index contributed by atoms with van der Waals surface area (Å²) in [4.78, 5) is 35.0. The molecule has 4 heterocycles. The fourth-order valence-electron chi connectivity index (χ4n) is 3.12. The lowest BCUT2D eigenvalue weighted by Gasteiger charge is -2.25. The molecule has 0 spiro atoms. The number of imidazole rings is 1. The first-order chi connectivity index (χ1) is 11.8. The largest absolute Gasteiger partial charge is 0.343 e. The molecule has 0 aromatic carbocycles. The van der Waals surface area contributed by atoms with Gasteiger partial charge in [-0.05, 0) is 25.0 Å². The average Bonchev–Trinajstić information content (AvgIpc) is 3.33. The first-order valence-corrected chi connectivity index (χ1v) is 7.86. The summed E-state index contributed by atoms with van der Waals surface area (Å²) in [5.41, 5.74) is 2.12. The topological polar surface area (TPSA) is 87.7 Å². The molecule has 1 N–H and O–H groups in total. The summed E-state index contributed by atoms with van der Waals surface area (Å²) in [7, 11) is 0. The summed E-state index contributed by atoms with van der Waals surface area (Å²) in [6, 6.07) is 3.38. The van der Waals surface area contributed by atoms with Gasteiger partial charge in [0.05, 0.1) is 11.7 Å². The molecule has 7 nitrogen and oxygen atoms in total. The second-order valence-corrected chi connectivity index (χ2v) is 5.62. The smallest absolute Gasteiger partial charge is 0.254 e. The molecule has 3 aromatic heterocycles. The van der Waals surface area contributed by atoms with Gasteiger partial charge in [0.25, 0.3) is 5.91 Å². The van der Waals surface area contributed by atoms with Gasteiger partial charge in [-0.25, -0.2) is 9.97 Å². The molecular weight excluding hydrogens is 304 g/mol. The lowest BCUT2D eigenvalue weighted by Crippen LogP contribution is -2.31. The van der Waals surface area contributed by atoms with Crippen LogP contribution in [0.4, 0.5) is 0 Å². The van der Waals surface area contributed by atoms with Crippen molar-refractivity contribution in [3.8, 4) is 11.5 Å². The van der Waals surface area contributed by atoms with Crippen LogP contribution >= 0.6 is 0 Å². The summed E-state index contributed by atoms with van der Waals surface area (Å²) in [5.74, 6) is 0.664. The highest BCUT2D eigenvalue weighted by atomic mass is 16.2. The predicted octanol–water partition coefficient (Wildman–Crippen LogP) is 2.24. The summed E-state index contributed by atoms with van der Waals surface area (Å²) in [6.07, 6.45) is 11.8. The molecule has 1 aliphatic heterocycles. The molecule has 1 atom stereocenters. The quantitative estimate of drug-likeness (QED) is 0.799. The van der Waals surface area contributed by atoms with E-state index in [1.165, 1.54) is 0 Å². The van der Waals surface area contributed by atoms with Crippen molar-refractivity contribution in [1.82, 2.24) is 29.8 Å². The third-order valence-electron chi connectivity index (χ3n) is 4.21. The van der Waals surface area contributed by atoms with E-state index in [-0.39, 0.29) is 11.9 Å². The molecule has 0 bridgehead atoms. The van der Waals surface area contributed by atoms with E-state index in [2.05, 4.69) is 24.9 Å². The molecule has 0 radical (unpaired) electrons. The normalized spacial score (nSPS) is 17.2. The van der Waals surface area contributed by atoms with Crippen LogP contribution in [0.3, 0.4) is 0 Å². The highest BCUT2D eigenvalue weighted by molar-refractivity contribution is 5.94. The molecule has 1 saturated heterocycles. The van der Waals surface area contributed by atoms with Crippen LogP contribution in [0.25, 0.3) is 11.5 Å². The number of pyridine rings is 1. The van der Waals surface area contributed by atoms with Crippen LogP contribution in [0.5, 0.6) is 0 Å². The summed E-state index contributed by atoms with van der Waals surface area (Å²) < 4.78 is 0. The molecule has 1 fully saturated rings. The van der Waals surface area contributed by atoms with Gasteiger partial charge in [-0.3, -0.25) is 14.8 Å². The van der Waals surface area contributed by atoms with E-state index in [4.69, 9.17) is 0 Å². The Balaban J connectivity index is 1.70. The Kier molecular flexibility index (Phi) is 3.74. The Hall–Kier alpha value is -3.09. The van der Waals surface area contributed by atoms with Crippen LogP contribution in [-0.4, -0.2) is 42.3 Å². The van der Waals surface area contributed by atoms with Gasteiger partial charge >= 0.3 is 0 Å². The fourth-order valence-corrected chi connectivity index (χ4v) is 3.12. The molecule has 1 amide bonds. The van der Waals surface area contributed by atoms with Crippen LogP contribution in [-0.2, 0) is 0 Å². The van der Waals surface area contributed by atoms with Crippen molar-refractivity contribution in [3.05, 3.63) is 60.6 Å². The van der Waals surface area contributed by atoms with E-state index in [9.17, 15) is 4.79 Å². The number of amides is 1. The molecule has 0 unspecified atom stereocenters. The van der Waals surface area contributed by atoms with E-state index in [0.29, 0.717) is 23.6 Å². The number of nitrogens with zero attached hydrogens (tertiary/aromatic N) is 5. The number of nitrogens with one attached hydrogen (secondary N) is 1. The highest BCUT2D eigenvalue weighted by Gasteiger charge is 2.33. The van der Waals surface area contributed by atoms with Crippen molar-refractivity contribution in [3.63, 3.8) is 0 Å². The number of rotatable bonds is 3.